The van der Waals surface area contributed by atoms with Gasteiger partial charge in [0.2, 0.25) is 0 Å². The number of unbranched alkanes of at least 4 members (excludes halogenated alkanes) is 12. The fraction of sp³-hybridized carbons (Fsp3) is 0.769. The molecule has 0 radical (unpaired) electrons. The van der Waals surface area contributed by atoms with Crippen LogP contribution in [0.4, 0.5) is 0 Å². The first-order valence-corrected chi connectivity index (χ1v) is 20.4. The van der Waals surface area contributed by atoms with Gasteiger partial charge in [0.1, 0.15) is 19.3 Å². The van der Waals surface area contributed by atoms with E-state index in [0.29, 0.717) is 24.1 Å². The molecule has 0 heterocycles. The van der Waals surface area contributed by atoms with Gasteiger partial charge in [0, 0.05) is 13.0 Å². The molecule has 48 heavy (non-hydrogen) atoms. The zero-order valence-corrected chi connectivity index (χ0v) is 32.4. The maximum atomic E-state index is 12.4. The summed E-state index contributed by atoms with van der Waals surface area (Å²) in [6.07, 6.45) is 37.7. The number of likely N-dealkylation sites (N-methyl/N-ethyl adjacent to an activating group) is 1. The van der Waals surface area contributed by atoms with Gasteiger partial charge in [-0.05, 0) is 51.4 Å². The van der Waals surface area contributed by atoms with Gasteiger partial charge < -0.3 is 18.9 Å². The fourth-order valence-electron chi connectivity index (χ4n) is 4.72. The third kappa shape index (κ3) is 35.8. The van der Waals surface area contributed by atoms with Crippen molar-refractivity contribution in [2.75, 3.05) is 54.1 Å². The maximum absolute atomic E-state index is 12.4. The minimum Gasteiger partial charge on any atom is -0.457 e. The molecule has 0 amide bonds. The minimum atomic E-state index is -4.25. The van der Waals surface area contributed by atoms with Gasteiger partial charge >= 0.3 is 13.8 Å². The molecule has 2 unspecified atom stereocenters. The van der Waals surface area contributed by atoms with Crippen molar-refractivity contribution in [2.45, 2.75) is 142 Å². The number of nitrogens with zero attached hydrogens (tertiary/aromatic N) is 1. The summed E-state index contributed by atoms with van der Waals surface area (Å²) >= 11 is 0. The van der Waals surface area contributed by atoms with E-state index < -0.39 is 13.9 Å². The molecule has 0 aromatic carbocycles. The average Bonchev–Trinajstić information content (AvgIpc) is 3.03. The number of allylic oxidation sites excluding steroid dienone is 8. The van der Waals surface area contributed by atoms with Gasteiger partial charge in [-0.25, -0.2) is 4.57 Å². The van der Waals surface area contributed by atoms with Crippen molar-refractivity contribution in [3.63, 3.8) is 0 Å². The molecule has 0 aliphatic heterocycles. The zero-order chi connectivity index (χ0) is 35.6. The molecule has 0 aromatic heterocycles. The molecule has 0 fully saturated rings. The second kappa shape index (κ2) is 32.7. The molecule has 0 aliphatic rings. The Balaban J connectivity index is 4.00. The molecule has 0 saturated heterocycles. The molecule has 8 nitrogen and oxygen atoms in total. The second-order valence-electron chi connectivity index (χ2n) is 13.6. The lowest BCUT2D eigenvalue weighted by atomic mass is 10.1. The molecule has 0 saturated carbocycles. The van der Waals surface area contributed by atoms with E-state index in [2.05, 4.69) is 62.5 Å². The first kappa shape index (κ1) is 46.5. The summed E-state index contributed by atoms with van der Waals surface area (Å²) in [5.41, 5.74) is 0. The monoisotopic (exact) mass is 699 g/mol. The molecule has 2 atom stereocenters. The number of carbonyl (C=O) groups is 1. The molecule has 9 heteroatoms. The number of quaternary nitrogens is 1. The van der Waals surface area contributed by atoms with E-state index in [4.69, 9.17) is 18.5 Å². The Bertz CT molecular complexity index is 911. The van der Waals surface area contributed by atoms with Crippen LogP contribution in [-0.2, 0) is 27.9 Å². The van der Waals surface area contributed by atoms with E-state index in [9.17, 15) is 14.3 Å². The van der Waals surface area contributed by atoms with Crippen LogP contribution in [0.15, 0.2) is 48.6 Å². The minimum absolute atomic E-state index is 0.0857. The van der Waals surface area contributed by atoms with Crippen molar-refractivity contribution in [2.24, 2.45) is 0 Å². The Morgan fingerprint density at radius 2 is 1.21 bits per heavy atom. The van der Waals surface area contributed by atoms with Gasteiger partial charge in [0.15, 0.2) is 0 Å². The third-order valence-electron chi connectivity index (χ3n) is 7.65. The van der Waals surface area contributed by atoms with Crippen LogP contribution in [0, 0.1) is 0 Å². The highest BCUT2D eigenvalue weighted by Gasteiger charge is 2.26. The van der Waals surface area contributed by atoms with Gasteiger partial charge in [-0.1, -0.05) is 127 Å². The number of hydrogen-bond acceptors (Lipinski definition) is 6. The number of rotatable bonds is 34. The molecular weight excluding hydrogens is 625 g/mol. The van der Waals surface area contributed by atoms with Crippen molar-refractivity contribution in [1.82, 2.24) is 0 Å². The Labute approximate surface area is 295 Å². The van der Waals surface area contributed by atoms with E-state index in [0.717, 1.165) is 64.2 Å². The summed E-state index contributed by atoms with van der Waals surface area (Å²) in [7, 11) is 1.65. The summed E-state index contributed by atoms with van der Waals surface area (Å²) < 4.78 is 34.5. The highest BCUT2D eigenvalue weighted by molar-refractivity contribution is 7.47. The van der Waals surface area contributed by atoms with Crippen molar-refractivity contribution >= 4 is 13.8 Å². The Morgan fingerprint density at radius 3 is 1.79 bits per heavy atom. The predicted octanol–water partition coefficient (Wildman–Crippen LogP) is 10.4. The van der Waals surface area contributed by atoms with Crippen LogP contribution >= 0.6 is 7.82 Å². The molecule has 1 N–H and O–H groups in total. The van der Waals surface area contributed by atoms with Crippen LogP contribution in [0.2, 0.25) is 0 Å². The van der Waals surface area contributed by atoms with Crippen molar-refractivity contribution in [1.29, 1.82) is 0 Å². The largest absolute Gasteiger partial charge is 0.472 e. The fourth-order valence-corrected chi connectivity index (χ4v) is 5.46. The highest BCUT2D eigenvalue weighted by atomic mass is 31.2. The lowest BCUT2D eigenvalue weighted by Crippen LogP contribution is -2.37. The van der Waals surface area contributed by atoms with Crippen LogP contribution in [0.1, 0.15) is 136 Å². The van der Waals surface area contributed by atoms with E-state index in [-0.39, 0.29) is 25.8 Å². The number of phosphoric acid groups is 1. The quantitative estimate of drug-likeness (QED) is 0.0235. The molecule has 0 aliphatic carbocycles. The number of carbonyl (C=O) groups excluding carboxylic acids is 1. The smallest absolute Gasteiger partial charge is 0.457 e. The van der Waals surface area contributed by atoms with Crippen molar-refractivity contribution < 1.29 is 37.3 Å². The zero-order valence-electron chi connectivity index (χ0n) is 31.5. The first-order chi connectivity index (χ1) is 23.1. The molecule has 0 spiro atoms. The van der Waals surface area contributed by atoms with Crippen molar-refractivity contribution in [3.05, 3.63) is 48.6 Å². The van der Waals surface area contributed by atoms with Gasteiger partial charge in [-0.15, -0.1) is 0 Å². The molecular formula is C39H73NO7P+. The molecule has 0 aromatic rings. The summed E-state index contributed by atoms with van der Waals surface area (Å²) in [6.45, 7) is 5.35. The normalized spacial score (nSPS) is 14.5. The highest BCUT2D eigenvalue weighted by Crippen LogP contribution is 2.43. The Kier molecular flexibility index (Phi) is 31.6. The van der Waals surface area contributed by atoms with E-state index in [1.165, 1.54) is 51.4 Å². The van der Waals surface area contributed by atoms with Gasteiger partial charge in [0.25, 0.3) is 0 Å². The second-order valence-corrected chi connectivity index (χ2v) is 15.0. The average molecular weight is 699 g/mol. The molecule has 0 bridgehead atoms. The number of ether oxygens (including phenoxy) is 2. The van der Waals surface area contributed by atoms with E-state index in [1.54, 1.807) is 0 Å². The maximum Gasteiger partial charge on any atom is 0.472 e. The SMILES string of the molecule is CC/C=C\C/C=C\C/C=C\C/C=C\CCCCCCCCCCCOCC(COP(=O)(O)OCC[N+](C)(C)C)OC(=O)CCCCCC. The van der Waals surface area contributed by atoms with Gasteiger partial charge in [-0.2, -0.15) is 0 Å². The van der Waals surface area contributed by atoms with Crippen LogP contribution in [0.3, 0.4) is 0 Å². The predicted molar refractivity (Wildman–Crippen MR) is 201 cm³/mol. The third-order valence-corrected chi connectivity index (χ3v) is 8.64. The lowest BCUT2D eigenvalue weighted by Gasteiger charge is -2.24. The van der Waals surface area contributed by atoms with Crippen LogP contribution in [0.5, 0.6) is 0 Å². The Morgan fingerprint density at radius 1 is 0.667 bits per heavy atom. The van der Waals surface area contributed by atoms with Crippen LogP contribution in [-0.4, -0.2) is 75.6 Å². The lowest BCUT2D eigenvalue weighted by molar-refractivity contribution is -0.870. The van der Waals surface area contributed by atoms with Crippen LogP contribution in [0.25, 0.3) is 0 Å². The van der Waals surface area contributed by atoms with Crippen LogP contribution < -0.4 is 0 Å². The number of hydrogen-bond donors (Lipinski definition) is 1. The summed E-state index contributed by atoms with van der Waals surface area (Å²) in [4.78, 5) is 22.4. The van der Waals surface area contributed by atoms with Gasteiger partial charge in [0.05, 0.1) is 34.4 Å². The molecule has 0 rings (SSSR count). The summed E-state index contributed by atoms with van der Waals surface area (Å²) in [5.74, 6) is -0.336. The first-order valence-electron chi connectivity index (χ1n) is 18.9. The number of esters is 1. The van der Waals surface area contributed by atoms with Crippen molar-refractivity contribution in [3.8, 4) is 0 Å². The summed E-state index contributed by atoms with van der Waals surface area (Å²) in [5, 5.41) is 0. The standard InChI is InChI=1S/C39H72NO7P/c1-6-8-10-12-13-14-15-16-17-18-19-20-21-22-23-24-25-26-27-28-29-31-34-44-36-38(47-39(41)32-30-11-9-7-2)37-46-48(42,43)45-35-33-40(3,4)5/h8,10,13-14,16-17,19-20,38H,6-7,9,11-12,15,18,21-37H2,1-5H3/p+1/b10-8-,14-13-,17-16-,20-19-. The van der Waals surface area contributed by atoms with E-state index >= 15 is 0 Å². The number of phosphoric ester groups is 1. The van der Waals surface area contributed by atoms with Gasteiger partial charge in [-0.3, -0.25) is 13.8 Å². The Hall–Kier alpha value is -1.54. The van der Waals surface area contributed by atoms with E-state index in [1.807, 2.05) is 21.1 Å². The summed E-state index contributed by atoms with van der Waals surface area (Å²) in [6, 6.07) is 0. The molecule has 280 valence electrons. The topological polar surface area (TPSA) is 91.3 Å².